The van der Waals surface area contributed by atoms with Crippen molar-refractivity contribution >= 4 is 29.3 Å². The molecule has 0 saturated carbocycles. The smallest absolute Gasteiger partial charge is 0.325 e. The number of carbonyl (C=O) groups excluding carboxylic acids is 4. The molecule has 9 nitrogen and oxygen atoms in total. The van der Waals surface area contributed by atoms with Gasteiger partial charge in [-0.15, -0.1) is 0 Å². The lowest BCUT2D eigenvalue weighted by molar-refractivity contribution is -0.130. The second kappa shape index (κ2) is 10.6. The number of carbonyl (C=O) groups is 4. The average molecular weight is 537 g/mol. The zero-order valence-corrected chi connectivity index (χ0v) is 22.4. The van der Waals surface area contributed by atoms with Gasteiger partial charge in [-0.3, -0.25) is 19.3 Å². The van der Waals surface area contributed by atoms with Crippen LogP contribution in [0.4, 0.5) is 10.5 Å². The van der Waals surface area contributed by atoms with Crippen LogP contribution < -0.4 is 10.6 Å². The maximum Gasteiger partial charge on any atom is 0.325 e. The second-order valence-electron chi connectivity index (χ2n) is 9.83. The van der Waals surface area contributed by atoms with Crippen molar-refractivity contribution in [3.63, 3.8) is 0 Å². The molecule has 1 aromatic heterocycles. The van der Waals surface area contributed by atoms with E-state index in [-0.39, 0.29) is 12.3 Å². The monoisotopic (exact) mass is 536 g/mol. The van der Waals surface area contributed by atoms with Crippen molar-refractivity contribution in [2.75, 3.05) is 11.9 Å². The Morgan fingerprint density at radius 3 is 2.17 bits per heavy atom. The normalized spacial score (nSPS) is 16.6. The molecule has 0 aliphatic carbocycles. The van der Waals surface area contributed by atoms with E-state index in [4.69, 9.17) is 4.52 Å². The molecule has 1 aliphatic rings. The van der Waals surface area contributed by atoms with Gasteiger partial charge in [-0.2, -0.15) is 0 Å². The van der Waals surface area contributed by atoms with E-state index in [9.17, 15) is 19.2 Å². The van der Waals surface area contributed by atoms with E-state index in [1.54, 1.807) is 62.4 Å². The number of rotatable bonds is 8. The number of aromatic nitrogens is 1. The summed E-state index contributed by atoms with van der Waals surface area (Å²) in [7, 11) is 0. The molecule has 9 heteroatoms. The number of nitrogens with one attached hydrogen (secondary N) is 2. The van der Waals surface area contributed by atoms with Crippen LogP contribution in [0.25, 0.3) is 0 Å². The number of ketones is 1. The van der Waals surface area contributed by atoms with Crippen molar-refractivity contribution in [1.29, 1.82) is 0 Å². The summed E-state index contributed by atoms with van der Waals surface area (Å²) >= 11 is 0. The predicted molar refractivity (Wildman–Crippen MR) is 148 cm³/mol. The van der Waals surface area contributed by atoms with Crippen LogP contribution in [-0.2, 0) is 21.5 Å². The molecule has 5 rings (SSSR count). The molecule has 0 radical (unpaired) electrons. The molecule has 1 fully saturated rings. The number of urea groups is 1. The summed E-state index contributed by atoms with van der Waals surface area (Å²) in [5.74, 6) is -0.595. The molecule has 1 atom stereocenters. The molecule has 1 unspecified atom stereocenters. The van der Waals surface area contributed by atoms with Crippen LogP contribution in [0.15, 0.2) is 83.4 Å². The number of hydrogen-bond donors (Lipinski definition) is 2. The van der Waals surface area contributed by atoms with Crippen molar-refractivity contribution < 1.29 is 23.7 Å². The van der Waals surface area contributed by atoms with Gasteiger partial charge in [0.2, 0.25) is 5.91 Å². The van der Waals surface area contributed by atoms with Crippen LogP contribution in [-0.4, -0.2) is 40.2 Å². The first-order chi connectivity index (χ1) is 19.2. The third-order valence-corrected chi connectivity index (χ3v) is 7.11. The van der Waals surface area contributed by atoms with E-state index in [0.717, 1.165) is 16.0 Å². The number of hydrogen-bond acceptors (Lipinski definition) is 6. The van der Waals surface area contributed by atoms with Gasteiger partial charge in [0, 0.05) is 16.8 Å². The number of nitrogens with zero attached hydrogens (tertiary/aromatic N) is 2. The summed E-state index contributed by atoms with van der Waals surface area (Å²) in [5.41, 5.74) is 2.98. The molecule has 1 aliphatic heterocycles. The summed E-state index contributed by atoms with van der Waals surface area (Å²) in [6.07, 6.45) is 0.109. The van der Waals surface area contributed by atoms with Crippen molar-refractivity contribution in [2.24, 2.45) is 0 Å². The Morgan fingerprint density at radius 2 is 1.55 bits per heavy atom. The van der Waals surface area contributed by atoms with Gasteiger partial charge >= 0.3 is 6.03 Å². The lowest BCUT2D eigenvalue weighted by Crippen LogP contribution is -2.45. The first-order valence-corrected chi connectivity index (χ1v) is 12.8. The Labute approximate surface area is 231 Å². The molecule has 1 saturated heterocycles. The summed E-state index contributed by atoms with van der Waals surface area (Å²) in [5, 5.41) is 9.51. The minimum Gasteiger partial charge on any atom is -0.361 e. The Balaban J connectivity index is 1.32. The highest BCUT2D eigenvalue weighted by molar-refractivity contribution is 6.13. The van der Waals surface area contributed by atoms with Crippen molar-refractivity contribution in [2.45, 2.75) is 32.7 Å². The van der Waals surface area contributed by atoms with Crippen LogP contribution in [0, 0.1) is 20.8 Å². The number of amides is 4. The number of Topliss-reactive ketones (excluding diaryl/α,β-unsaturated/α-hetero) is 1. The largest absolute Gasteiger partial charge is 0.361 e. The molecule has 2 heterocycles. The molecule has 0 bridgehead atoms. The third-order valence-electron chi connectivity index (χ3n) is 7.11. The minimum atomic E-state index is -1.44. The van der Waals surface area contributed by atoms with Gasteiger partial charge in [0.1, 0.15) is 5.76 Å². The molecule has 0 spiro atoms. The van der Waals surface area contributed by atoms with E-state index in [0.29, 0.717) is 33.8 Å². The van der Waals surface area contributed by atoms with Crippen LogP contribution in [0.3, 0.4) is 0 Å². The number of imide groups is 1. The van der Waals surface area contributed by atoms with Crippen LogP contribution in [0.5, 0.6) is 0 Å². The van der Waals surface area contributed by atoms with E-state index >= 15 is 0 Å². The lowest BCUT2D eigenvalue weighted by Gasteiger charge is -2.28. The highest BCUT2D eigenvalue weighted by Crippen LogP contribution is 2.36. The van der Waals surface area contributed by atoms with Gasteiger partial charge in [0.05, 0.1) is 18.7 Å². The van der Waals surface area contributed by atoms with E-state index in [1.807, 2.05) is 37.3 Å². The quantitative estimate of drug-likeness (QED) is 0.253. The van der Waals surface area contributed by atoms with Crippen LogP contribution in [0.1, 0.15) is 44.1 Å². The molecule has 202 valence electrons. The lowest BCUT2D eigenvalue weighted by atomic mass is 9.82. The zero-order chi connectivity index (χ0) is 28.4. The van der Waals surface area contributed by atoms with Gasteiger partial charge in [-0.1, -0.05) is 65.3 Å². The second-order valence-corrected chi connectivity index (χ2v) is 9.83. The Hall–Kier alpha value is -5.05. The van der Waals surface area contributed by atoms with E-state index < -0.39 is 29.8 Å². The number of anilines is 1. The summed E-state index contributed by atoms with van der Waals surface area (Å²) in [4.78, 5) is 53.6. The van der Waals surface area contributed by atoms with Crippen molar-refractivity contribution in [3.8, 4) is 0 Å². The van der Waals surface area contributed by atoms with Gasteiger partial charge in [0.15, 0.2) is 11.3 Å². The maximum absolute atomic E-state index is 13.9. The van der Waals surface area contributed by atoms with Crippen molar-refractivity contribution in [1.82, 2.24) is 15.4 Å². The van der Waals surface area contributed by atoms with E-state index in [2.05, 4.69) is 15.8 Å². The van der Waals surface area contributed by atoms with Crippen LogP contribution >= 0.6 is 0 Å². The minimum absolute atomic E-state index is 0.109. The predicted octanol–water partition coefficient (Wildman–Crippen LogP) is 4.46. The molecule has 3 aromatic carbocycles. The fourth-order valence-corrected chi connectivity index (χ4v) is 4.86. The van der Waals surface area contributed by atoms with Gasteiger partial charge < -0.3 is 15.2 Å². The molecule has 40 heavy (non-hydrogen) atoms. The maximum atomic E-state index is 13.9. The first-order valence-electron chi connectivity index (χ1n) is 12.8. The summed E-state index contributed by atoms with van der Waals surface area (Å²) in [6.45, 7) is 5.03. The van der Waals surface area contributed by atoms with Crippen LogP contribution in [0.2, 0.25) is 0 Å². The van der Waals surface area contributed by atoms with Gasteiger partial charge in [-0.25, -0.2) is 4.79 Å². The summed E-state index contributed by atoms with van der Waals surface area (Å²) in [6, 6.07) is 22.0. The average Bonchev–Trinajstić information content (AvgIpc) is 3.40. The topological polar surface area (TPSA) is 122 Å². The first kappa shape index (κ1) is 26.6. The Bertz CT molecular complexity index is 1570. The Kier molecular flexibility index (Phi) is 7.04. The summed E-state index contributed by atoms with van der Waals surface area (Å²) < 4.78 is 5.10. The standard InChI is InChI=1S/C31H28N4O5/c1-19-9-13-24(14-10-19)31(23-7-5-4-6-8-23)29(38)35(30(39)33-31)18-27(36)22-11-15-25(16-12-22)32-28(37)17-26-20(2)34-40-21(26)3/h4-16H,17-18H2,1-3H3,(H,32,37)(H,33,39). The van der Waals surface area contributed by atoms with Gasteiger partial charge in [-0.05, 0) is 56.2 Å². The van der Waals surface area contributed by atoms with Crippen molar-refractivity contribution in [3.05, 3.63) is 118 Å². The highest BCUT2D eigenvalue weighted by atomic mass is 16.5. The Morgan fingerprint density at radius 1 is 0.900 bits per heavy atom. The molecule has 4 aromatic rings. The van der Waals surface area contributed by atoms with E-state index in [1.165, 1.54) is 0 Å². The van der Waals surface area contributed by atoms with Gasteiger partial charge in [0.25, 0.3) is 5.91 Å². The fourth-order valence-electron chi connectivity index (χ4n) is 4.86. The molecular weight excluding hydrogens is 508 g/mol. The number of aryl methyl sites for hydroxylation is 3. The number of benzene rings is 3. The third kappa shape index (κ3) is 4.89. The highest BCUT2D eigenvalue weighted by Gasteiger charge is 2.54. The SMILES string of the molecule is Cc1ccc(C2(c3ccccc3)NC(=O)N(CC(=O)c3ccc(NC(=O)Cc4c(C)noc4C)cc3)C2=O)cc1. The molecule has 2 N–H and O–H groups in total. The zero-order valence-electron chi connectivity index (χ0n) is 22.4. The molecular formula is C31H28N4O5. The fraction of sp³-hybridized carbons (Fsp3) is 0.194. The molecule has 4 amide bonds.